The van der Waals surface area contributed by atoms with Gasteiger partial charge in [0.15, 0.2) is 5.71 Å². The first kappa shape index (κ1) is 15.8. The third-order valence-electron chi connectivity index (χ3n) is 2.63. The Bertz CT molecular complexity index is 661. The van der Waals surface area contributed by atoms with Gasteiger partial charge in [-0.2, -0.15) is 18.3 Å². The fourth-order valence-corrected chi connectivity index (χ4v) is 1.68. The molecule has 0 saturated heterocycles. The summed E-state index contributed by atoms with van der Waals surface area (Å²) in [6.07, 6.45) is -5.71. The zero-order valence-corrected chi connectivity index (χ0v) is 11.6. The number of fused-ring (bicyclic) bond motifs is 1. The van der Waals surface area contributed by atoms with Gasteiger partial charge in [0.2, 0.25) is 5.95 Å². The highest BCUT2D eigenvalue weighted by atomic mass is 19.4. The van der Waals surface area contributed by atoms with Crippen LogP contribution >= 0.6 is 0 Å². The van der Waals surface area contributed by atoms with Crippen LogP contribution in [0, 0.1) is 0 Å². The SMILES string of the molecule is CCOC(=O)C/C(=N/Nc1nc2ccccc2[nH]1)C(F)(F)F. The van der Waals surface area contributed by atoms with Gasteiger partial charge in [0.25, 0.3) is 0 Å². The van der Waals surface area contributed by atoms with E-state index in [1.54, 1.807) is 24.3 Å². The van der Waals surface area contributed by atoms with Gasteiger partial charge in [0, 0.05) is 0 Å². The van der Waals surface area contributed by atoms with Gasteiger partial charge in [0.1, 0.15) is 0 Å². The minimum atomic E-state index is -4.74. The van der Waals surface area contributed by atoms with Crippen LogP contribution in [0.4, 0.5) is 19.1 Å². The number of rotatable bonds is 5. The number of imidazole rings is 1. The molecular formula is C13H13F3N4O2. The maximum atomic E-state index is 12.8. The van der Waals surface area contributed by atoms with Crippen LogP contribution < -0.4 is 5.43 Å². The molecule has 1 heterocycles. The number of benzene rings is 1. The van der Waals surface area contributed by atoms with Gasteiger partial charge in [0.05, 0.1) is 24.1 Å². The lowest BCUT2D eigenvalue weighted by atomic mass is 10.2. The second-order valence-electron chi connectivity index (χ2n) is 4.25. The van der Waals surface area contributed by atoms with Gasteiger partial charge in [-0.05, 0) is 19.1 Å². The molecule has 0 spiro atoms. The average molecular weight is 314 g/mol. The molecule has 0 unspecified atom stereocenters. The van der Waals surface area contributed by atoms with Gasteiger partial charge in [-0.3, -0.25) is 4.79 Å². The second-order valence-corrected chi connectivity index (χ2v) is 4.25. The lowest BCUT2D eigenvalue weighted by molar-refractivity contribution is -0.142. The maximum absolute atomic E-state index is 12.8. The number of aromatic amines is 1. The van der Waals surface area contributed by atoms with Crippen molar-refractivity contribution in [2.45, 2.75) is 19.5 Å². The van der Waals surface area contributed by atoms with Gasteiger partial charge < -0.3 is 9.72 Å². The number of aromatic nitrogens is 2. The molecule has 2 N–H and O–H groups in total. The zero-order valence-electron chi connectivity index (χ0n) is 11.6. The average Bonchev–Trinajstić information content (AvgIpc) is 2.85. The highest BCUT2D eigenvalue weighted by molar-refractivity contribution is 6.02. The predicted octanol–water partition coefficient (Wildman–Crippen LogP) is 2.85. The highest BCUT2D eigenvalue weighted by Gasteiger charge is 2.37. The molecular weight excluding hydrogens is 301 g/mol. The monoisotopic (exact) mass is 314 g/mol. The van der Waals surface area contributed by atoms with Crippen LogP contribution in [0.15, 0.2) is 29.4 Å². The summed E-state index contributed by atoms with van der Waals surface area (Å²) in [5.41, 5.74) is 2.13. The van der Waals surface area contributed by atoms with Crippen molar-refractivity contribution in [1.82, 2.24) is 9.97 Å². The van der Waals surface area contributed by atoms with Crippen LogP contribution in [0.1, 0.15) is 13.3 Å². The van der Waals surface area contributed by atoms with Crippen LogP contribution in [0.25, 0.3) is 11.0 Å². The van der Waals surface area contributed by atoms with E-state index in [1.165, 1.54) is 6.92 Å². The second kappa shape index (κ2) is 6.46. The molecule has 0 bridgehead atoms. The Labute approximate surface area is 123 Å². The van der Waals surface area contributed by atoms with Crippen molar-refractivity contribution < 1.29 is 22.7 Å². The smallest absolute Gasteiger partial charge is 0.431 e. The number of carbonyl (C=O) groups is 1. The minimum absolute atomic E-state index is 0.000965. The number of para-hydroxylation sites is 2. The number of carbonyl (C=O) groups excluding carboxylic acids is 1. The minimum Gasteiger partial charge on any atom is -0.466 e. The van der Waals surface area contributed by atoms with E-state index in [0.29, 0.717) is 11.0 Å². The van der Waals surface area contributed by atoms with E-state index in [-0.39, 0.29) is 12.6 Å². The molecule has 0 radical (unpaired) electrons. The summed E-state index contributed by atoms with van der Waals surface area (Å²) in [4.78, 5) is 18.0. The fourth-order valence-electron chi connectivity index (χ4n) is 1.68. The number of halogens is 3. The van der Waals surface area contributed by atoms with Crippen molar-refractivity contribution in [1.29, 1.82) is 0 Å². The molecule has 0 aliphatic carbocycles. The van der Waals surface area contributed by atoms with Crippen molar-refractivity contribution in [3.8, 4) is 0 Å². The van der Waals surface area contributed by atoms with Crippen LogP contribution in [-0.2, 0) is 9.53 Å². The molecule has 2 aromatic rings. The van der Waals surface area contributed by atoms with Crippen molar-refractivity contribution >= 4 is 28.7 Å². The van der Waals surface area contributed by atoms with Crippen molar-refractivity contribution in [3.05, 3.63) is 24.3 Å². The number of hydrogen-bond donors (Lipinski definition) is 2. The number of nitrogens with one attached hydrogen (secondary N) is 2. The summed E-state index contributed by atoms with van der Waals surface area (Å²) in [5, 5.41) is 3.23. The van der Waals surface area contributed by atoms with Crippen LogP contribution in [0.2, 0.25) is 0 Å². The van der Waals surface area contributed by atoms with E-state index in [4.69, 9.17) is 0 Å². The topological polar surface area (TPSA) is 79.4 Å². The number of esters is 1. The molecule has 6 nitrogen and oxygen atoms in total. The van der Waals surface area contributed by atoms with Gasteiger partial charge >= 0.3 is 12.1 Å². The Morgan fingerprint density at radius 2 is 2.14 bits per heavy atom. The molecule has 9 heteroatoms. The molecule has 0 saturated carbocycles. The maximum Gasteiger partial charge on any atom is 0.431 e. The van der Waals surface area contributed by atoms with Gasteiger partial charge in [-0.25, -0.2) is 10.4 Å². The summed E-state index contributed by atoms with van der Waals surface area (Å²) in [6.45, 7) is 1.51. The molecule has 2 rings (SSSR count). The summed E-state index contributed by atoms with van der Waals surface area (Å²) < 4.78 is 43.0. The Hall–Kier alpha value is -2.58. The number of nitrogens with zero attached hydrogens (tertiary/aromatic N) is 2. The first-order chi connectivity index (χ1) is 10.4. The fraction of sp³-hybridized carbons (Fsp3) is 0.308. The molecule has 0 aliphatic rings. The summed E-state index contributed by atoms with van der Waals surface area (Å²) in [7, 11) is 0. The van der Waals surface area contributed by atoms with Crippen LogP contribution in [0.3, 0.4) is 0 Å². The quantitative estimate of drug-likeness (QED) is 0.505. The van der Waals surface area contributed by atoms with E-state index in [2.05, 4.69) is 25.2 Å². The third-order valence-corrected chi connectivity index (χ3v) is 2.63. The largest absolute Gasteiger partial charge is 0.466 e. The Morgan fingerprint density at radius 1 is 1.41 bits per heavy atom. The first-order valence-corrected chi connectivity index (χ1v) is 6.40. The summed E-state index contributed by atoms with van der Waals surface area (Å²) in [5.74, 6) is -0.947. The number of ether oxygens (including phenoxy) is 1. The van der Waals surface area contributed by atoms with Crippen molar-refractivity contribution in [2.75, 3.05) is 12.0 Å². The summed E-state index contributed by atoms with van der Waals surface area (Å²) >= 11 is 0. The molecule has 0 aliphatic heterocycles. The predicted molar refractivity (Wildman–Crippen MR) is 74.5 cm³/mol. The van der Waals surface area contributed by atoms with E-state index in [0.717, 1.165) is 0 Å². The van der Waals surface area contributed by atoms with E-state index in [9.17, 15) is 18.0 Å². The lowest BCUT2D eigenvalue weighted by Crippen LogP contribution is -2.27. The van der Waals surface area contributed by atoms with Gasteiger partial charge in [-0.1, -0.05) is 12.1 Å². The molecule has 1 aromatic heterocycles. The Morgan fingerprint density at radius 3 is 2.77 bits per heavy atom. The molecule has 1 aromatic carbocycles. The summed E-state index contributed by atoms with van der Waals surface area (Å²) in [6, 6.07) is 6.93. The molecule has 0 atom stereocenters. The number of hydrogen-bond acceptors (Lipinski definition) is 5. The van der Waals surface area contributed by atoms with Crippen molar-refractivity contribution in [3.63, 3.8) is 0 Å². The van der Waals surface area contributed by atoms with E-state index >= 15 is 0 Å². The lowest BCUT2D eigenvalue weighted by Gasteiger charge is -2.09. The standard InChI is InChI=1S/C13H13F3N4O2/c1-2-22-11(21)7-10(13(14,15)16)19-20-12-17-8-5-3-4-6-9(8)18-12/h3-6H,2,7H2,1H3,(H2,17,18,20)/b19-10-. The van der Waals surface area contributed by atoms with E-state index in [1.807, 2.05) is 0 Å². The van der Waals surface area contributed by atoms with E-state index < -0.39 is 24.3 Å². The van der Waals surface area contributed by atoms with Crippen molar-refractivity contribution in [2.24, 2.45) is 5.10 Å². The number of hydrazone groups is 1. The molecule has 0 fully saturated rings. The van der Waals surface area contributed by atoms with Gasteiger partial charge in [-0.15, -0.1) is 0 Å². The Kier molecular flexibility index (Phi) is 4.64. The number of alkyl halides is 3. The van der Waals surface area contributed by atoms with Crippen LogP contribution in [-0.4, -0.2) is 34.4 Å². The number of anilines is 1. The highest BCUT2D eigenvalue weighted by Crippen LogP contribution is 2.20. The normalized spacial score (nSPS) is 12.5. The van der Waals surface area contributed by atoms with Crippen LogP contribution in [0.5, 0.6) is 0 Å². The third kappa shape index (κ3) is 3.96. The molecule has 0 amide bonds. The molecule has 22 heavy (non-hydrogen) atoms. The Balaban J connectivity index is 2.16. The first-order valence-electron chi connectivity index (χ1n) is 6.40. The number of H-pyrrole nitrogens is 1. The zero-order chi connectivity index (χ0) is 16.2. The molecule has 118 valence electrons.